The van der Waals surface area contributed by atoms with Crippen LogP contribution in [0.5, 0.6) is 0 Å². The summed E-state index contributed by atoms with van der Waals surface area (Å²) in [4.78, 5) is 11.8. The molecule has 0 radical (unpaired) electrons. The first-order valence-corrected chi connectivity index (χ1v) is 7.85. The van der Waals surface area contributed by atoms with Crippen LogP contribution < -0.4 is 5.73 Å². The Morgan fingerprint density at radius 3 is 2.62 bits per heavy atom. The topological polar surface area (TPSA) is 72.6 Å². The number of carbonyl (C=O) groups is 1. The number of methoxy groups -OCH3 is 1. The third-order valence-corrected chi connectivity index (χ3v) is 4.08. The number of rotatable bonds is 8. The van der Waals surface area contributed by atoms with Crippen molar-refractivity contribution in [3.8, 4) is 0 Å². The zero-order chi connectivity index (χ0) is 17.6. The number of hydrogen-bond donors (Lipinski definition) is 2. The first-order valence-electron chi connectivity index (χ1n) is 7.85. The summed E-state index contributed by atoms with van der Waals surface area (Å²) in [5, 5.41) is 11.4. The minimum Gasteiger partial charge on any atom is -0.385 e. The predicted octanol–water partition coefficient (Wildman–Crippen LogP) is 2.98. The predicted molar refractivity (Wildman–Crippen MR) is 90.1 cm³/mol. The largest absolute Gasteiger partial charge is 0.385 e. The number of benzene rings is 2. The first kappa shape index (κ1) is 18.1. The lowest BCUT2D eigenvalue weighted by Gasteiger charge is -2.31. The molecule has 0 fully saturated rings. The minimum atomic E-state index is -1.50. The van der Waals surface area contributed by atoms with Crippen LogP contribution in [0.1, 0.15) is 40.7 Å². The SMILES string of the molecule is COCCCC[C@](O)(c1cccc(F)c1)c1ccccc1C(N)=O. The van der Waals surface area contributed by atoms with E-state index < -0.39 is 17.3 Å². The molecule has 0 spiro atoms. The summed E-state index contributed by atoms with van der Waals surface area (Å²) in [7, 11) is 1.61. The Kier molecular flexibility index (Phi) is 6.06. The third kappa shape index (κ3) is 3.99. The van der Waals surface area contributed by atoms with Gasteiger partial charge in [0.1, 0.15) is 11.4 Å². The fourth-order valence-electron chi connectivity index (χ4n) is 2.87. The summed E-state index contributed by atoms with van der Waals surface area (Å²) in [5.41, 5.74) is 4.97. The molecular weight excluding hydrogens is 309 g/mol. The molecule has 2 aromatic carbocycles. The average molecular weight is 331 g/mol. The van der Waals surface area contributed by atoms with Crippen molar-refractivity contribution >= 4 is 5.91 Å². The number of hydrogen-bond acceptors (Lipinski definition) is 3. The van der Waals surface area contributed by atoms with Crippen molar-refractivity contribution in [3.63, 3.8) is 0 Å². The second-order valence-corrected chi connectivity index (χ2v) is 5.73. The van der Waals surface area contributed by atoms with Gasteiger partial charge in [-0.1, -0.05) is 30.3 Å². The van der Waals surface area contributed by atoms with E-state index >= 15 is 0 Å². The molecule has 0 aromatic heterocycles. The van der Waals surface area contributed by atoms with Gasteiger partial charge in [0.2, 0.25) is 5.91 Å². The number of primary amides is 1. The van der Waals surface area contributed by atoms with Crippen molar-refractivity contribution in [2.45, 2.75) is 24.9 Å². The number of ether oxygens (including phenoxy) is 1. The van der Waals surface area contributed by atoms with E-state index in [1.807, 2.05) is 0 Å². The van der Waals surface area contributed by atoms with Crippen LogP contribution in [0, 0.1) is 5.82 Å². The molecule has 4 nitrogen and oxygen atoms in total. The van der Waals surface area contributed by atoms with Gasteiger partial charge in [-0.3, -0.25) is 4.79 Å². The Bertz CT molecular complexity index is 705. The van der Waals surface area contributed by atoms with Crippen LogP contribution in [-0.4, -0.2) is 24.7 Å². The van der Waals surface area contributed by atoms with E-state index in [0.717, 1.165) is 6.42 Å². The molecule has 0 saturated carbocycles. The lowest BCUT2D eigenvalue weighted by Crippen LogP contribution is -2.31. The summed E-state index contributed by atoms with van der Waals surface area (Å²) >= 11 is 0. The van der Waals surface area contributed by atoms with Crippen molar-refractivity contribution in [3.05, 3.63) is 71.0 Å². The molecule has 1 atom stereocenters. The highest BCUT2D eigenvalue weighted by molar-refractivity contribution is 5.94. The highest BCUT2D eigenvalue weighted by atomic mass is 19.1. The Balaban J connectivity index is 2.49. The van der Waals surface area contributed by atoms with Crippen LogP contribution in [-0.2, 0) is 10.3 Å². The Hall–Kier alpha value is -2.24. The highest BCUT2D eigenvalue weighted by Gasteiger charge is 2.34. The zero-order valence-corrected chi connectivity index (χ0v) is 13.7. The van der Waals surface area contributed by atoms with Crippen molar-refractivity contribution in [2.75, 3.05) is 13.7 Å². The van der Waals surface area contributed by atoms with E-state index in [1.165, 1.54) is 18.2 Å². The molecule has 24 heavy (non-hydrogen) atoms. The third-order valence-electron chi connectivity index (χ3n) is 4.08. The maximum absolute atomic E-state index is 13.7. The molecule has 3 N–H and O–H groups in total. The monoisotopic (exact) mass is 331 g/mol. The summed E-state index contributed by atoms with van der Waals surface area (Å²) < 4.78 is 18.7. The molecule has 0 saturated heterocycles. The van der Waals surface area contributed by atoms with Crippen molar-refractivity contribution < 1.29 is 19.0 Å². The van der Waals surface area contributed by atoms with Gasteiger partial charge in [-0.15, -0.1) is 0 Å². The van der Waals surface area contributed by atoms with Crippen LogP contribution in [0.15, 0.2) is 48.5 Å². The van der Waals surface area contributed by atoms with E-state index in [0.29, 0.717) is 30.6 Å². The summed E-state index contributed by atoms with van der Waals surface area (Å²) in [6, 6.07) is 12.4. The van der Waals surface area contributed by atoms with Crippen LogP contribution in [0.4, 0.5) is 4.39 Å². The van der Waals surface area contributed by atoms with Gasteiger partial charge >= 0.3 is 0 Å². The van der Waals surface area contributed by atoms with Gasteiger partial charge in [0.05, 0.1) is 0 Å². The lowest BCUT2D eigenvalue weighted by atomic mass is 9.80. The molecule has 128 valence electrons. The van der Waals surface area contributed by atoms with Crippen LogP contribution in [0.2, 0.25) is 0 Å². The maximum Gasteiger partial charge on any atom is 0.249 e. The minimum absolute atomic E-state index is 0.232. The molecule has 5 heteroatoms. The van der Waals surface area contributed by atoms with Crippen molar-refractivity contribution in [2.24, 2.45) is 5.73 Å². The van der Waals surface area contributed by atoms with E-state index in [1.54, 1.807) is 37.4 Å². The fraction of sp³-hybridized carbons (Fsp3) is 0.316. The molecule has 2 rings (SSSR count). The standard InChI is InChI=1S/C19H22FNO3/c1-24-12-5-4-11-19(23,14-7-6-8-15(20)13-14)17-10-3-2-9-16(17)18(21)22/h2-3,6-10,13,23H,4-5,11-12H2,1H3,(H2,21,22)/t19-/m0/s1. The van der Waals surface area contributed by atoms with Gasteiger partial charge in [0.25, 0.3) is 0 Å². The fourth-order valence-corrected chi connectivity index (χ4v) is 2.87. The number of amides is 1. The van der Waals surface area contributed by atoms with Gasteiger partial charge in [-0.05, 0) is 43.0 Å². The number of halogens is 1. The van der Waals surface area contributed by atoms with E-state index in [9.17, 15) is 14.3 Å². The highest BCUT2D eigenvalue weighted by Crippen LogP contribution is 2.36. The normalized spacial score (nSPS) is 13.5. The van der Waals surface area contributed by atoms with Gasteiger partial charge in [-0.25, -0.2) is 4.39 Å². The van der Waals surface area contributed by atoms with Crippen LogP contribution in [0.3, 0.4) is 0 Å². The molecule has 0 aliphatic heterocycles. The lowest BCUT2D eigenvalue weighted by molar-refractivity contribution is 0.0629. The Morgan fingerprint density at radius 1 is 1.21 bits per heavy atom. The van der Waals surface area contributed by atoms with Crippen LogP contribution in [0.25, 0.3) is 0 Å². The second kappa shape index (κ2) is 8.04. The molecule has 2 aromatic rings. The van der Waals surface area contributed by atoms with E-state index in [2.05, 4.69) is 0 Å². The molecule has 1 amide bonds. The Labute approximate surface area is 141 Å². The first-order chi connectivity index (χ1) is 11.5. The van der Waals surface area contributed by atoms with Crippen molar-refractivity contribution in [1.82, 2.24) is 0 Å². The molecule has 0 heterocycles. The zero-order valence-electron chi connectivity index (χ0n) is 13.7. The maximum atomic E-state index is 13.7. The summed E-state index contributed by atoms with van der Waals surface area (Å²) in [5.74, 6) is -1.07. The molecule has 0 unspecified atom stereocenters. The van der Waals surface area contributed by atoms with E-state index in [4.69, 9.17) is 10.5 Å². The van der Waals surface area contributed by atoms with Gasteiger partial charge in [-0.2, -0.15) is 0 Å². The number of carbonyl (C=O) groups excluding carboxylic acids is 1. The quantitative estimate of drug-likeness (QED) is 0.731. The average Bonchev–Trinajstić information content (AvgIpc) is 2.58. The molecule has 0 aliphatic rings. The molecular formula is C19H22FNO3. The second-order valence-electron chi connectivity index (χ2n) is 5.73. The Morgan fingerprint density at radius 2 is 1.96 bits per heavy atom. The van der Waals surface area contributed by atoms with Gasteiger partial charge in [0, 0.05) is 24.8 Å². The van der Waals surface area contributed by atoms with Crippen molar-refractivity contribution in [1.29, 1.82) is 0 Å². The number of aliphatic hydroxyl groups is 1. The summed E-state index contributed by atoms with van der Waals surface area (Å²) in [6.45, 7) is 0.566. The summed E-state index contributed by atoms with van der Waals surface area (Å²) in [6.07, 6.45) is 1.71. The van der Waals surface area contributed by atoms with Crippen LogP contribution >= 0.6 is 0 Å². The van der Waals surface area contributed by atoms with Gasteiger partial charge in [0.15, 0.2) is 0 Å². The number of unbranched alkanes of at least 4 members (excludes halogenated alkanes) is 1. The molecule has 0 aliphatic carbocycles. The van der Waals surface area contributed by atoms with Gasteiger partial charge < -0.3 is 15.6 Å². The van der Waals surface area contributed by atoms with E-state index in [-0.39, 0.29) is 5.56 Å². The smallest absolute Gasteiger partial charge is 0.249 e. The number of nitrogens with two attached hydrogens (primary N) is 1. The molecule has 0 bridgehead atoms.